The smallest absolute Gasteiger partial charge is 0.312 e. The zero-order valence-electron chi connectivity index (χ0n) is 19.1. The SMILES string of the molecule is CCCNCc1cccs1.CCCNCl.O=C=O.O=C=O.O=Cc1cccs1.S=S=S=S=S=S=S=S. The standard InChI is InChI=1S/C8H13NS.C5H4OS.C3H8ClN.2CO2.S8/c1-2-5-9-7-8-4-3-6-10-8;6-4-5-2-1-3-7-5;1-2-3-5-4;2*2-1-3;1-3-5-7-8-6-4-2/h3-4,6,9H,2,5,7H2,1H3;1-4H;5H,2-3H2,1H3;;;. The molecule has 2 rings (SSSR count). The molecule has 2 aromatic heterocycles. The van der Waals surface area contributed by atoms with Gasteiger partial charge in [-0.3, -0.25) is 4.79 Å². The van der Waals surface area contributed by atoms with Gasteiger partial charge in [-0.2, -0.15) is 19.2 Å². The normalized spacial score (nSPS) is 7.53. The molecule has 0 saturated carbocycles. The summed E-state index contributed by atoms with van der Waals surface area (Å²) >= 11 is 17.5. The highest BCUT2D eigenvalue weighted by molar-refractivity contribution is 8.70. The van der Waals surface area contributed by atoms with Crippen molar-refractivity contribution < 1.29 is 24.0 Å². The molecule has 0 aliphatic rings. The van der Waals surface area contributed by atoms with E-state index in [2.05, 4.69) is 63.9 Å². The fourth-order valence-electron chi connectivity index (χ4n) is 1.30. The molecular weight excluding hydrogens is 680 g/mol. The molecule has 0 saturated heterocycles. The van der Waals surface area contributed by atoms with E-state index >= 15 is 0 Å². The second kappa shape index (κ2) is 44.8. The summed E-state index contributed by atoms with van der Waals surface area (Å²) in [7, 11) is 9.12. The van der Waals surface area contributed by atoms with Gasteiger partial charge >= 0.3 is 12.3 Å². The average Bonchev–Trinajstić information content (AvgIpc) is 3.60. The molecule has 2 heterocycles. The van der Waals surface area contributed by atoms with E-state index < -0.39 is 0 Å². The van der Waals surface area contributed by atoms with Gasteiger partial charge in [-0.1, -0.05) is 26.0 Å². The van der Waals surface area contributed by atoms with E-state index in [-0.39, 0.29) is 12.3 Å². The molecular formula is C18H25ClN2O5S10. The lowest BCUT2D eigenvalue weighted by Gasteiger charge is -1.97. The van der Waals surface area contributed by atoms with Crippen molar-refractivity contribution in [2.75, 3.05) is 13.1 Å². The number of carbonyl (C=O) groups excluding carboxylic acids is 5. The molecule has 0 radical (unpaired) electrons. The van der Waals surface area contributed by atoms with E-state index in [1.165, 1.54) is 40.4 Å². The summed E-state index contributed by atoms with van der Waals surface area (Å²) in [5.41, 5.74) is 0. The summed E-state index contributed by atoms with van der Waals surface area (Å²) in [4.78, 5) is 47.1. The lowest BCUT2D eigenvalue weighted by atomic mass is 10.4. The second-order valence-electron chi connectivity index (χ2n) is 4.85. The molecule has 0 atom stereocenters. The Hall–Kier alpha value is -0.200. The molecule has 0 aliphatic carbocycles. The van der Waals surface area contributed by atoms with Gasteiger partial charge in [-0.15, -0.1) is 22.7 Å². The molecule has 204 valence electrons. The van der Waals surface area contributed by atoms with Gasteiger partial charge in [0, 0.05) is 93.6 Å². The van der Waals surface area contributed by atoms with Crippen molar-refractivity contribution in [1.29, 1.82) is 0 Å². The van der Waals surface area contributed by atoms with Crippen LogP contribution in [0.1, 0.15) is 41.2 Å². The molecule has 0 spiro atoms. The van der Waals surface area contributed by atoms with Crippen LogP contribution in [0.5, 0.6) is 0 Å². The predicted molar refractivity (Wildman–Crippen MR) is 169 cm³/mol. The van der Waals surface area contributed by atoms with Crippen molar-refractivity contribution in [3.05, 3.63) is 44.8 Å². The van der Waals surface area contributed by atoms with Crippen LogP contribution in [-0.2, 0) is 101 Å². The minimum Gasteiger partial charge on any atom is -0.312 e. The van der Waals surface area contributed by atoms with Crippen LogP contribution >= 0.6 is 34.5 Å². The Balaban J connectivity index is -0.000000180. The Bertz CT molecular complexity index is 992. The number of rotatable bonds is 7. The largest absolute Gasteiger partial charge is 0.373 e. The molecule has 0 aliphatic heterocycles. The first kappa shape index (κ1) is 42.9. The summed E-state index contributed by atoms with van der Waals surface area (Å²) in [6.07, 6.45) is 3.67. The maximum Gasteiger partial charge on any atom is 0.373 e. The zero-order chi connectivity index (χ0) is 28.1. The summed E-state index contributed by atoms with van der Waals surface area (Å²) in [5, 5.41) is 7.34. The van der Waals surface area contributed by atoms with Gasteiger partial charge in [0.05, 0.1) is 4.88 Å². The predicted octanol–water partition coefficient (Wildman–Crippen LogP) is 3.76. The number of hydrogen-bond donors (Lipinski definition) is 2. The van der Waals surface area contributed by atoms with Crippen LogP contribution < -0.4 is 10.2 Å². The van der Waals surface area contributed by atoms with Crippen LogP contribution in [0.2, 0.25) is 0 Å². The van der Waals surface area contributed by atoms with Gasteiger partial charge in [0.2, 0.25) is 0 Å². The second-order valence-corrected chi connectivity index (χ2v) is 17.7. The molecule has 0 bridgehead atoms. The highest BCUT2D eigenvalue weighted by atomic mass is 35.5. The van der Waals surface area contributed by atoms with E-state index in [1.807, 2.05) is 22.8 Å². The number of carbonyl (C=O) groups is 1. The van der Waals surface area contributed by atoms with Crippen molar-refractivity contribution in [2.24, 2.45) is 0 Å². The van der Waals surface area contributed by atoms with E-state index in [4.69, 9.17) is 31.0 Å². The maximum atomic E-state index is 9.88. The molecule has 2 aromatic rings. The molecule has 18 heteroatoms. The van der Waals surface area contributed by atoms with Crippen molar-refractivity contribution in [2.45, 2.75) is 33.2 Å². The molecule has 2 N–H and O–H groups in total. The van der Waals surface area contributed by atoms with Gasteiger partial charge in [0.15, 0.2) is 6.29 Å². The van der Waals surface area contributed by atoms with Crippen LogP contribution in [0.15, 0.2) is 35.0 Å². The monoisotopic (exact) mass is 704 g/mol. The Morgan fingerprint density at radius 1 is 0.889 bits per heavy atom. The zero-order valence-corrected chi connectivity index (χ0v) is 28.0. The highest BCUT2D eigenvalue weighted by Gasteiger charge is 1.89. The van der Waals surface area contributed by atoms with Gasteiger partial charge in [-0.25, -0.2) is 4.84 Å². The van der Waals surface area contributed by atoms with Gasteiger partial charge in [0.25, 0.3) is 0 Å². The minimum absolute atomic E-state index is 0.250. The van der Waals surface area contributed by atoms with Crippen LogP contribution in [0, 0.1) is 0 Å². The third-order valence-corrected chi connectivity index (χ3v) is 15.4. The quantitative estimate of drug-likeness (QED) is 0.253. The molecule has 0 amide bonds. The molecule has 36 heavy (non-hydrogen) atoms. The number of hydrogen-bond acceptors (Lipinski definition) is 11. The summed E-state index contributed by atoms with van der Waals surface area (Å²) in [5.74, 6) is 0. The van der Waals surface area contributed by atoms with E-state index in [9.17, 15) is 4.79 Å². The Morgan fingerprint density at radius 3 is 1.67 bits per heavy atom. The van der Waals surface area contributed by atoms with Crippen molar-refractivity contribution in [3.8, 4) is 0 Å². The van der Waals surface area contributed by atoms with E-state index in [1.54, 1.807) is 41.6 Å². The first-order valence-corrected chi connectivity index (χ1v) is 20.8. The van der Waals surface area contributed by atoms with Crippen molar-refractivity contribution in [1.82, 2.24) is 10.2 Å². The average molecular weight is 706 g/mol. The van der Waals surface area contributed by atoms with Crippen molar-refractivity contribution >= 4 is 129 Å². The van der Waals surface area contributed by atoms with Crippen LogP contribution in [0.3, 0.4) is 0 Å². The van der Waals surface area contributed by atoms with Gasteiger partial charge in [-0.05, 0) is 54.1 Å². The van der Waals surface area contributed by atoms with E-state index in [0.717, 1.165) is 37.2 Å². The fourth-order valence-corrected chi connectivity index (χ4v) is 13.7. The van der Waals surface area contributed by atoms with Gasteiger partial charge < -0.3 is 5.32 Å². The van der Waals surface area contributed by atoms with Crippen molar-refractivity contribution in [3.63, 3.8) is 0 Å². The lowest BCUT2D eigenvalue weighted by Crippen LogP contribution is -2.12. The number of nitrogens with one attached hydrogen (secondary N) is 2. The van der Waals surface area contributed by atoms with Crippen LogP contribution in [0.25, 0.3) is 0 Å². The molecule has 0 unspecified atom stereocenters. The first-order valence-electron chi connectivity index (χ1n) is 9.32. The number of halogens is 1. The molecule has 0 aromatic carbocycles. The third kappa shape index (κ3) is 47.1. The van der Waals surface area contributed by atoms with Crippen LogP contribution in [0.4, 0.5) is 0 Å². The number of aldehydes is 1. The molecule has 0 fully saturated rings. The summed E-state index contributed by atoms with van der Waals surface area (Å²) < 4.78 is 0. The Labute approximate surface area is 251 Å². The Kier molecular flexibility index (Phi) is 53.3. The third-order valence-electron chi connectivity index (χ3n) is 2.45. The maximum absolute atomic E-state index is 9.88. The van der Waals surface area contributed by atoms with Gasteiger partial charge in [0.1, 0.15) is 0 Å². The fraction of sp³-hybridized carbons (Fsp3) is 0.389. The topological polar surface area (TPSA) is 109 Å². The Morgan fingerprint density at radius 2 is 1.39 bits per heavy atom. The number of thiophene rings is 2. The first-order chi connectivity index (χ1) is 17.5. The highest BCUT2D eigenvalue weighted by Crippen LogP contribution is 2.06. The minimum atomic E-state index is 0.250. The van der Waals surface area contributed by atoms with Crippen LogP contribution in [-0.4, -0.2) is 31.7 Å². The summed E-state index contributed by atoms with van der Waals surface area (Å²) in [6, 6.07) is 7.90. The molecule has 7 nitrogen and oxygen atoms in total. The van der Waals surface area contributed by atoms with E-state index in [0.29, 0.717) is 0 Å². The summed E-state index contributed by atoms with van der Waals surface area (Å²) in [6.45, 7) is 7.31. The lowest BCUT2D eigenvalue weighted by molar-refractivity contribution is -0.193.